The molecule has 0 aromatic heterocycles. The van der Waals surface area contributed by atoms with E-state index in [2.05, 4.69) is 30.2 Å². The maximum absolute atomic E-state index is 10.8. The summed E-state index contributed by atoms with van der Waals surface area (Å²) in [6, 6.07) is 5.19. The van der Waals surface area contributed by atoms with Crippen LogP contribution in [0.5, 0.6) is 0 Å². The van der Waals surface area contributed by atoms with E-state index in [1.165, 1.54) is 5.56 Å². The summed E-state index contributed by atoms with van der Waals surface area (Å²) in [5.74, 6) is 0. The number of fused-ring (bicyclic) bond motifs is 1. The first kappa shape index (κ1) is 20.3. The average Bonchev–Trinajstić information content (AvgIpc) is 2.86. The minimum Gasteiger partial charge on any atom is -0.726 e. The van der Waals surface area contributed by atoms with Crippen molar-refractivity contribution in [1.82, 2.24) is 0 Å². The standard InChI is InChI=1S/C13H20N3O2.CH4O4S/c1-16(2,3)9-8-14-7-6-11-4-5-12(15(17)18)10-13(11)14;1-5-6(2,3)4/h4-5,10H,6-9H2,1-3H3;1H3,(H,2,3,4)/q+1;/p-1. The molecule has 0 fully saturated rings. The Hall–Kier alpha value is -1.75. The van der Waals surface area contributed by atoms with Crippen LogP contribution in [0.15, 0.2) is 18.2 Å². The first-order chi connectivity index (χ1) is 10.9. The number of likely N-dealkylation sites (N-methyl/N-ethyl adjacent to an activating group) is 1. The Morgan fingerprint density at radius 3 is 2.38 bits per heavy atom. The Bertz CT molecular complexity index is 684. The van der Waals surface area contributed by atoms with Gasteiger partial charge in [-0.15, -0.1) is 0 Å². The predicted molar refractivity (Wildman–Crippen MR) is 88.6 cm³/mol. The van der Waals surface area contributed by atoms with E-state index in [1.54, 1.807) is 12.1 Å². The number of anilines is 1. The summed E-state index contributed by atoms with van der Waals surface area (Å²) < 4.78 is 31.9. The van der Waals surface area contributed by atoms with Crippen LogP contribution in [0.3, 0.4) is 0 Å². The molecule has 0 aliphatic carbocycles. The van der Waals surface area contributed by atoms with Crippen LogP contribution < -0.4 is 4.90 Å². The molecule has 0 amide bonds. The van der Waals surface area contributed by atoms with E-state index >= 15 is 0 Å². The van der Waals surface area contributed by atoms with Gasteiger partial charge in [0, 0.05) is 24.4 Å². The fourth-order valence-corrected chi connectivity index (χ4v) is 2.20. The van der Waals surface area contributed by atoms with Crippen molar-refractivity contribution in [2.75, 3.05) is 52.8 Å². The second-order valence-corrected chi connectivity index (χ2v) is 7.55. The van der Waals surface area contributed by atoms with Gasteiger partial charge in [0.2, 0.25) is 10.4 Å². The van der Waals surface area contributed by atoms with Crippen molar-refractivity contribution in [3.05, 3.63) is 33.9 Å². The highest BCUT2D eigenvalue weighted by molar-refractivity contribution is 7.80. The van der Waals surface area contributed by atoms with Gasteiger partial charge in [0.05, 0.1) is 46.3 Å². The lowest BCUT2D eigenvalue weighted by Crippen LogP contribution is -2.41. The molecule has 2 rings (SSSR count). The molecular weight excluding hydrogens is 338 g/mol. The van der Waals surface area contributed by atoms with Crippen LogP contribution in [0.4, 0.5) is 11.4 Å². The van der Waals surface area contributed by atoms with Gasteiger partial charge >= 0.3 is 0 Å². The van der Waals surface area contributed by atoms with Crippen molar-refractivity contribution in [3.8, 4) is 0 Å². The zero-order valence-electron chi connectivity index (χ0n) is 14.3. The quantitative estimate of drug-likeness (QED) is 0.250. The molecule has 0 bridgehead atoms. The van der Waals surface area contributed by atoms with E-state index in [0.29, 0.717) is 0 Å². The Kier molecular flexibility index (Phi) is 6.67. The first-order valence-electron chi connectivity index (χ1n) is 7.27. The molecule has 136 valence electrons. The van der Waals surface area contributed by atoms with E-state index in [0.717, 1.165) is 43.3 Å². The lowest BCUT2D eigenvalue weighted by molar-refractivity contribution is -0.868. The Morgan fingerprint density at radius 1 is 1.33 bits per heavy atom. The number of benzene rings is 1. The van der Waals surface area contributed by atoms with Crippen LogP contribution in [0.2, 0.25) is 0 Å². The summed E-state index contributed by atoms with van der Waals surface area (Å²) in [6.07, 6.45) is 0.991. The number of nitro benzene ring substituents is 1. The monoisotopic (exact) mass is 361 g/mol. The SMILES string of the molecule is COS(=O)(=O)[O-].C[N+](C)(C)CCN1CCc2ccc([N+](=O)[O-])cc21. The summed E-state index contributed by atoms with van der Waals surface area (Å²) >= 11 is 0. The third-order valence-corrected chi connectivity index (χ3v) is 3.92. The topological polar surface area (TPSA) is 113 Å². The fourth-order valence-electron chi connectivity index (χ4n) is 2.20. The van der Waals surface area contributed by atoms with Crippen LogP contribution in [-0.4, -0.2) is 70.3 Å². The van der Waals surface area contributed by atoms with Crippen molar-refractivity contribution in [2.45, 2.75) is 6.42 Å². The molecule has 1 aromatic carbocycles. The van der Waals surface area contributed by atoms with Gasteiger partial charge in [-0.25, -0.2) is 8.42 Å². The molecular formula is C14H23N3O6S. The summed E-state index contributed by atoms with van der Waals surface area (Å²) in [5.41, 5.74) is 2.45. The molecule has 9 nitrogen and oxygen atoms in total. The van der Waals surface area contributed by atoms with E-state index in [1.807, 2.05) is 6.07 Å². The van der Waals surface area contributed by atoms with Gasteiger partial charge in [-0.2, -0.15) is 0 Å². The molecule has 1 aliphatic rings. The number of nitrogens with zero attached hydrogens (tertiary/aromatic N) is 3. The molecule has 0 N–H and O–H groups in total. The van der Waals surface area contributed by atoms with E-state index in [-0.39, 0.29) is 10.6 Å². The highest BCUT2D eigenvalue weighted by Crippen LogP contribution is 2.31. The smallest absolute Gasteiger partial charge is 0.271 e. The number of hydrogen-bond acceptors (Lipinski definition) is 7. The number of nitro groups is 1. The van der Waals surface area contributed by atoms with Crippen LogP contribution in [0.1, 0.15) is 5.56 Å². The van der Waals surface area contributed by atoms with Gasteiger partial charge in [0.15, 0.2) is 0 Å². The third-order valence-electron chi connectivity index (χ3n) is 3.52. The largest absolute Gasteiger partial charge is 0.726 e. The molecule has 1 aromatic rings. The summed E-state index contributed by atoms with van der Waals surface area (Å²) in [5, 5.41) is 10.8. The van der Waals surface area contributed by atoms with Crippen LogP contribution in [0, 0.1) is 10.1 Å². The lowest BCUT2D eigenvalue weighted by Gasteiger charge is -2.28. The van der Waals surface area contributed by atoms with Crippen LogP contribution in [-0.2, 0) is 21.0 Å². The van der Waals surface area contributed by atoms with Gasteiger partial charge in [-0.3, -0.25) is 14.3 Å². The molecule has 1 heterocycles. The number of quaternary nitrogens is 1. The fraction of sp³-hybridized carbons (Fsp3) is 0.571. The molecule has 0 radical (unpaired) electrons. The minimum absolute atomic E-state index is 0.186. The summed E-state index contributed by atoms with van der Waals surface area (Å²) in [6.45, 7) is 2.94. The van der Waals surface area contributed by atoms with Crippen molar-refractivity contribution in [2.24, 2.45) is 0 Å². The van der Waals surface area contributed by atoms with Gasteiger partial charge in [-0.05, 0) is 12.0 Å². The Morgan fingerprint density at radius 2 is 1.92 bits per heavy atom. The highest BCUT2D eigenvalue weighted by Gasteiger charge is 2.23. The Labute approximate surface area is 142 Å². The van der Waals surface area contributed by atoms with Crippen molar-refractivity contribution < 1.29 is 26.6 Å². The molecule has 1 aliphatic heterocycles. The first-order valence-corrected chi connectivity index (χ1v) is 8.60. The number of rotatable bonds is 5. The summed E-state index contributed by atoms with van der Waals surface area (Å²) in [7, 11) is 2.87. The Balaban J connectivity index is 0.000000413. The second kappa shape index (κ2) is 7.88. The molecule has 0 unspecified atom stereocenters. The summed E-state index contributed by atoms with van der Waals surface area (Å²) in [4.78, 5) is 12.7. The zero-order chi connectivity index (χ0) is 18.5. The maximum atomic E-state index is 10.8. The molecule has 10 heteroatoms. The van der Waals surface area contributed by atoms with Crippen molar-refractivity contribution >= 4 is 21.8 Å². The molecule has 0 atom stereocenters. The maximum Gasteiger partial charge on any atom is 0.271 e. The van der Waals surface area contributed by atoms with E-state index < -0.39 is 10.4 Å². The number of hydrogen-bond donors (Lipinski definition) is 0. The van der Waals surface area contributed by atoms with Crippen molar-refractivity contribution in [1.29, 1.82) is 0 Å². The predicted octanol–water partition coefficient (Wildman–Crippen LogP) is 0.757. The van der Waals surface area contributed by atoms with Gasteiger partial charge in [0.1, 0.15) is 0 Å². The molecule has 0 saturated heterocycles. The van der Waals surface area contributed by atoms with E-state index in [4.69, 9.17) is 0 Å². The zero-order valence-corrected chi connectivity index (χ0v) is 15.1. The molecule has 0 spiro atoms. The second-order valence-electron chi connectivity index (χ2n) is 6.40. The minimum atomic E-state index is -4.41. The third kappa shape index (κ3) is 6.79. The molecule has 0 saturated carbocycles. The van der Waals surface area contributed by atoms with Crippen LogP contribution >= 0.6 is 0 Å². The molecule has 24 heavy (non-hydrogen) atoms. The van der Waals surface area contributed by atoms with Gasteiger partial charge in [0.25, 0.3) is 5.69 Å². The lowest BCUT2D eigenvalue weighted by atomic mass is 10.1. The highest BCUT2D eigenvalue weighted by atomic mass is 32.3. The average molecular weight is 361 g/mol. The van der Waals surface area contributed by atoms with Crippen LogP contribution in [0.25, 0.3) is 0 Å². The van der Waals surface area contributed by atoms with Gasteiger partial charge in [-0.1, -0.05) is 6.07 Å². The van der Waals surface area contributed by atoms with E-state index in [9.17, 15) is 23.1 Å². The van der Waals surface area contributed by atoms with Gasteiger partial charge < -0.3 is 13.9 Å². The normalized spacial score (nSPS) is 14.0. The number of non-ortho nitro benzene ring substituents is 1. The van der Waals surface area contributed by atoms with Crippen molar-refractivity contribution in [3.63, 3.8) is 0 Å².